The van der Waals surface area contributed by atoms with Crippen LogP contribution in [0.1, 0.15) is 33.1 Å². The molecule has 0 bridgehead atoms. The summed E-state index contributed by atoms with van der Waals surface area (Å²) in [5.41, 5.74) is 7.49. The van der Waals surface area contributed by atoms with E-state index in [9.17, 15) is 0 Å². The molecule has 0 aliphatic heterocycles. The number of methoxy groups -OCH3 is 1. The molecule has 3 nitrogen and oxygen atoms in total. The summed E-state index contributed by atoms with van der Waals surface area (Å²) in [5.74, 6) is 2.43. The Morgan fingerprint density at radius 3 is 2.40 bits per heavy atom. The molecule has 0 radical (unpaired) electrons. The molecule has 20 heavy (non-hydrogen) atoms. The molecule has 0 amide bonds. The van der Waals surface area contributed by atoms with E-state index >= 15 is 0 Å². The molecule has 1 saturated carbocycles. The van der Waals surface area contributed by atoms with Crippen molar-refractivity contribution in [3.63, 3.8) is 0 Å². The number of hydrogen-bond donors (Lipinski definition) is 1. The Morgan fingerprint density at radius 2 is 1.90 bits per heavy atom. The van der Waals surface area contributed by atoms with Crippen molar-refractivity contribution in [2.75, 3.05) is 25.6 Å². The Bertz CT molecular complexity index is 431. The topological polar surface area (TPSA) is 38.5 Å². The number of hydrogen-bond acceptors (Lipinski definition) is 3. The van der Waals surface area contributed by atoms with E-state index in [-0.39, 0.29) is 5.54 Å². The molecular weight excluding hydrogens is 248 g/mol. The Balaban J connectivity index is 2.21. The summed E-state index contributed by atoms with van der Waals surface area (Å²) in [6, 6.07) is 8.29. The Hall–Kier alpha value is -1.22. The predicted octanol–water partition coefficient (Wildman–Crippen LogP) is 3.29. The van der Waals surface area contributed by atoms with Crippen molar-refractivity contribution in [1.82, 2.24) is 0 Å². The molecule has 1 fully saturated rings. The average Bonchev–Trinajstić information content (AvgIpc) is 2.49. The molecule has 0 saturated heterocycles. The van der Waals surface area contributed by atoms with Crippen molar-refractivity contribution in [1.29, 1.82) is 0 Å². The normalized spacial score (nSPS) is 30.1. The lowest BCUT2D eigenvalue weighted by molar-refractivity contribution is 0.176. The van der Waals surface area contributed by atoms with Crippen molar-refractivity contribution in [3.05, 3.63) is 24.3 Å². The maximum Gasteiger partial charge on any atom is 0.119 e. The smallest absolute Gasteiger partial charge is 0.119 e. The highest BCUT2D eigenvalue weighted by Gasteiger charge is 2.40. The summed E-state index contributed by atoms with van der Waals surface area (Å²) in [7, 11) is 3.88. The monoisotopic (exact) mass is 276 g/mol. The molecule has 2 rings (SSSR count). The van der Waals surface area contributed by atoms with Crippen molar-refractivity contribution in [2.24, 2.45) is 17.6 Å². The molecule has 1 aliphatic carbocycles. The van der Waals surface area contributed by atoms with E-state index in [1.165, 1.54) is 24.9 Å². The van der Waals surface area contributed by atoms with Gasteiger partial charge in [0.1, 0.15) is 5.75 Å². The minimum absolute atomic E-state index is 0.0977. The molecule has 3 unspecified atom stereocenters. The third-order valence-corrected chi connectivity index (χ3v) is 5.29. The van der Waals surface area contributed by atoms with E-state index in [1.807, 2.05) is 12.1 Å². The second kappa shape index (κ2) is 6.04. The Labute approximate surface area is 123 Å². The number of anilines is 1. The minimum atomic E-state index is 0.0977. The zero-order valence-corrected chi connectivity index (χ0v) is 13.2. The van der Waals surface area contributed by atoms with Crippen LogP contribution in [0.25, 0.3) is 0 Å². The van der Waals surface area contributed by atoms with Gasteiger partial charge in [0, 0.05) is 19.3 Å². The standard InChI is InChI=1S/C17H28N2O/c1-13-9-10-17(12-18,11-14(13)2)19(3)15-5-7-16(20-4)8-6-15/h5-8,13-14H,9-12,18H2,1-4H3. The van der Waals surface area contributed by atoms with Gasteiger partial charge >= 0.3 is 0 Å². The van der Waals surface area contributed by atoms with Crippen LogP contribution in [0.2, 0.25) is 0 Å². The maximum atomic E-state index is 6.17. The SMILES string of the molecule is COc1ccc(N(C)C2(CN)CCC(C)C(C)C2)cc1. The van der Waals surface area contributed by atoms with Gasteiger partial charge in [0.05, 0.1) is 12.6 Å². The minimum Gasteiger partial charge on any atom is -0.497 e. The number of rotatable bonds is 4. The van der Waals surface area contributed by atoms with Crippen molar-refractivity contribution in [3.8, 4) is 5.75 Å². The van der Waals surface area contributed by atoms with E-state index in [0.717, 1.165) is 17.6 Å². The van der Waals surface area contributed by atoms with Crippen molar-refractivity contribution in [2.45, 2.75) is 38.6 Å². The van der Waals surface area contributed by atoms with Gasteiger partial charge < -0.3 is 15.4 Å². The molecule has 0 spiro atoms. The van der Waals surface area contributed by atoms with Crippen molar-refractivity contribution < 1.29 is 4.74 Å². The second-order valence-corrected chi connectivity index (χ2v) is 6.38. The van der Waals surface area contributed by atoms with Crippen LogP contribution in [0.15, 0.2) is 24.3 Å². The van der Waals surface area contributed by atoms with E-state index in [4.69, 9.17) is 10.5 Å². The summed E-state index contributed by atoms with van der Waals surface area (Å²) in [5, 5.41) is 0. The largest absolute Gasteiger partial charge is 0.497 e. The van der Waals surface area contributed by atoms with Gasteiger partial charge in [-0.15, -0.1) is 0 Å². The van der Waals surface area contributed by atoms with Gasteiger partial charge in [-0.05, 0) is 55.4 Å². The van der Waals surface area contributed by atoms with Crippen LogP contribution < -0.4 is 15.4 Å². The zero-order chi connectivity index (χ0) is 14.8. The van der Waals surface area contributed by atoms with E-state index in [2.05, 4.69) is 37.9 Å². The van der Waals surface area contributed by atoms with E-state index in [0.29, 0.717) is 6.54 Å². The van der Waals surface area contributed by atoms with Crippen LogP contribution in [-0.2, 0) is 0 Å². The van der Waals surface area contributed by atoms with Crippen LogP contribution in [0, 0.1) is 11.8 Å². The lowest BCUT2D eigenvalue weighted by Gasteiger charge is -2.49. The van der Waals surface area contributed by atoms with Crippen LogP contribution in [0.3, 0.4) is 0 Å². The summed E-state index contributed by atoms with van der Waals surface area (Å²) in [6.45, 7) is 5.43. The predicted molar refractivity (Wildman–Crippen MR) is 85.4 cm³/mol. The van der Waals surface area contributed by atoms with Crippen LogP contribution in [0.5, 0.6) is 5.75 Å². The number of ether oxygens (including phenoxy) is 1. The number of likely N-dealkylation sites (N-methyl/N-ethyl adjacent to an activating group) is 1. The van der Waals surface area contributed by atoms with Gasteiger partial charge in [-0.1, -0.05) is 13.8 Å². The molecule has 1 aliphatic rings. The van der Waals surface area contributed by atoms with E-state index in [1.54, 1.807) is 7.11 Å². The fraction of sp³-hybridized carbons (Fsp3) is 0.647. The zero-order valence-electron chi connectivity index (χ0n) is 13.2. The average molecular weight is 276 g/mol. The first-order valence-corrected chi connectivity index (χ1v) is 7.60. The fourth-order valence-electron chi connectivity index (χ4n) is 3.39. The molecule has 2 N–H and O–H groups in total. The highest BCUT2D eigenvalue weighted by Crippen LogP contribution is 2.40. The lowest BCUT2D eigenvalue weighted by atomic mass is 9.70. The highest BCUT2D eigenvalue weighted by molar-refractivity contribution is 5.51. The molecule has 0 aromatic heterocycles. The number of benzene rings is 1. The summed E-state index contributed by atoms with van der Waals surface area (Å²) >= 11 is 0. The highest BCUT2D eigenvalue weighted by atomic mass is 16.5. The maximum absolute atomic E-state index is 6.17. The summed E-state index contributed by atoms with van der Waals surface area (Å²) in [4.78, 5) is 2.38. The van der Waals surface area contributed by atoms with Gasteiger partial charge in [-0.3, -0.25) is 0 Å². The molecule has 1 aromatic rings. The first-order valence-electron chi connectivity index (χ1n) is 7.60. The van der Waals surface area contributed by atoms with Crippen LogP contribution in [-0.4, -0.2) is 26.2 Å². The third kappa shape index (κ3) is 2.78. The molecule has 0 heterocycles. The number of nitrogens with zero attached hydrogens (tertiary/aromatic N) is 1. The molecule has 112 valence electrons. The molecule has 3 atom stereocenters. The Morgan fingerprint density at radius 1 is 1.25 bits per heavy atom. The van der Waals surface area contributed by atoms with Crippen LogP contribution >= 0.6 is 0 Å². The molecule has 3 heteroatoms. The number of nitrogens with two attached hydrogens (primary N) is 1. The van der Waals surface area contributed by atoms with Gasteiger partial charge in [0.25, 0.3) is 0 Å². The molecular formula is C17H28N2O. The molecule has 1 aromatic carbocycles. The van der Waals surface area contributed by atoms with Crippen LogP contribution in [0.4, 0.5) is 5.69 Å². The van der Waals surface area contributed by atoms with Crippen molar-refractivity contribution >= 4 is 5.69 Å². The Kier molecular flexibility index (Phi) is 4.59. The lowest BCUT2D eigenvalue weighted by Crippen LogP contribution is -2.56. The van der Waals surface area contributed by atoms with E-state index < -0.39 is 0 Å². The third-order valence-electron chi connectivity index (χ3n) is 5.29. The van der Waals surface area contributed by atoms with Gasteiger partial charge in [0.15, 0.2) is 0 Å². The van der Waals surface area contributed by atoms with Gasteiger partial charge in [-0.25, -0.2) is 0 Å². The second-order valence-electron chi connectivity index (χ2n) is 6.38. The fourth-order valence-corrected chi connectivity index (χ4v) is 3.39. The first kappa shape index (κ1) is 15.2. The summed E-state index contributed by atoms with van der Waals surface area (Å²) < 4.78 is 5.23. The van der Waals surface area contributed by atoms with Gasteiger partial charge in [-0.2, -0.15) is 0 Å². The quantitative estimate of drug-likeness (QED) is 0.917. The first-order chi connectivity index (χ1) is 9.52. The summed E-state index contributed by atoms with van der Waals surface area (Å²) in [6.07, 6.45) is 3.61. The van der Waals surface area contributed by atoms with Gasteiger partial charge in [0.2, 0.25) is 0 Å².